The summed E-state index contributed by atoms with van der Waals surface area (Å²) in [6, 6.07) is 15.0. The molecule has 2 aliphatic rings. The van der Waals surface area contributed by atoms with Crippen molar-refractivity contribution in [2.24, 2.45) is 5.92 Å². The number of carbonyl (C=O) groups excluding carboxylic acids is 1. The highest BCUT2D eigenvalue weighted by Crippen LogP contribution is 2.48. The lowest BCUT2D eigenvalue weighted by molar-refractivity contribution is -0.122. The van der Waals surface area contributed by atoms with E-state index in [-0.39, 0.29) is 24.2 Å². The van der Waals surface area contributed by atoms with Gasteiger partial charge in [-0.1, -0.05) is 54.1 Å². The number of hydrogen-bond donors (Lipinski definition) is 2. The molecule has 0 aromatic heterocycles. The average Bonchev–Trinajstić information content (AvgIpc) is 3.41. The standard InChI is InChI=1S/C20H22N2O.ClH/c23-20(22-13-14-7-9-21-10-8-14)19-12-18(19)17-6-5-15-3-1-2-4-16(15)11-17;/h1-7,11,18-19,21H,8-10,12-13H2,(H,22,23);1H. The van der Waals surface area contributed by atoms with Gasteiger partial charge < -0.3 is 10.6 Å². The Labute approximate surface area is 148 Å². The second-order valence-corrected chi connectivity index (χ2v) is 6.59. The van der Waals surface area contributed by atoms with Gasteiger partial charge in [0.1, 0.15) is 0 Å². The molecule has 3 nitrogen and oxygen atoms in total. The van der Waals surface area contributed by atoms with Crippen molar-refractivity contribution in [1.82, 2.24) is 10.6 Å². The highest BCUT2D eigenvalue weighted by atomic mass is 35.5. The van der Waals surface area contributed by atoms with E-state index >= 15 is 0 Å². The Kier molecular flexibility index (Phi) is 5.22. The Morgan fingerprint density at radius 3 is 2.79 bits per heavy atom. The zero-order chi connectivity index (χ0) is 15.6. The fourth-order valence-electron chi connectivity index (χ4n) is 3.45. The zero-order valence-corrected chi connectivity index (χ0v) is 14.4. The summed E-state index contributed by atoms with van der Waals surface area (Å²) in [6.07, 6.45) is 4.21. The van der Waals surface area contributed by atoms with Crippen molar-refractivity contribution in [2.75, 3.05) is 19.6 Å². The van der Waals surface area contributed by atoms with Crippen LogP contribution >= 0.6 is 12.4 Å². The zero-order valence-electron chi connectivity index (χ0n) is 13.6. The Balaban J connectivity index is 0.00000169. The van der Waals surface area contributed by atoms with E-state index in [1.54, 1.807) is 0 Å². The number of carbonyl (C=O) groups is 1. The summed E-state index contributed by atoms with van der Waals surface area (Å²) in [5.41, 5.74) is 2.64. The van der Waals surface area contributed by atoms with Crippen LogP contribution in [-0.4, -0.2) is 25.5 Å². The van der Waals surface area contributed by atoms with Gasteiger partial charge in [-0.05, 0) is 41.6 Å². The van der Waals surface area contributed by atoms with Crippen LogP contribution in [0.15, 0.2) is 54.1 Å². The first-order valence-electron chi connectivity index (χ1n) is 8.46. The third kappa shape index (κ3) is 3.63. The minimum Gasteiger partial charge on any atom is -0.352 e. The molecule has 0 radical (unpaired) electrons. The van der Waals surface area contributed by atoms with Crippen molar-refractivity contribution in [2.45, 2.75) is 18.8 Å². The molecule has 1 saturated carbocycles. The number of benzene rings is 2. The summed E-state index contributed by atoms with van der Waals surface area (Å²) in [5.74, 6) is 0.752. The Morgan fingerprint density at radius 2 is 2.00 bits per heavy atom. The van der Waals surface area contributed by atoms with Crippen LogP contribution in [0, 0.1) is 5.92 Å². The third-order valence-electron chi connectivity index (χ3n) is 4.98. The van der Waals surface area contributed by atoms with Crippen molar-refractivity contribution in [1.29, 1.82) is 0 Å². The van der Waals surface area contributed by atoms with Crippen molar-refractivity contribution < 1.29 is 4.79 Å². The van der Waals surface area contributed by atoms with E-state index in [4.69, 9.17) is 0 Å². The summed E-state index contributed by atoms with van der Waals surface area (Å²) in [4.78, 5) is 12.3. The van der Waals surface area contributed by atoms with Crippen molar-refractivity contribution in [3.63, 3.8) is 0 Å². The lowest BCUT2D eigenvalue weighted by Gasteiger charge is -2.14. The molecule has 126 valence electrons. The van der Waals surface area contributed by atoms with Crippen molar-refractivity contribution >= 4 is 29.1 Å². The van der Waals surface area contributed by atoms with Gasteiger partial charge in [0.2, 0.25) is 5.91 Å². The monoisotopic (exact) mass is 342 g/mol. The second-order valence-electron chi connectivity index (χ2n) is 6.59. The summed E-state index contributed by atoms with van der Waals surface area (Å²) in [6.45, 7) is 2.65. The first-order valence-corrected chi connectivity index (χ1v) is 8.46. The maximum absolute atomic E-state index is 12.3. The van der Waals surface area contributed by atoms with Crippen LogP contribution in [0.5, 0.6) is 0 Å². The van der Waals surface area contributed by atoms with Gasteiger partial charge in [-0.2, -0.15) is 0 Å². The number of rotatable bonds is 4. The van der Waals surface area contributed by atoms with Crippen LogP contribution in [0.4, 0.5) is 0 Å². The lowest BCUT2D eigenvalue weighted by Crippen LogP contribution is -2.30. The number of hydrogen-bond acceptors (Lipinski definition) is 2. The molecule has 2 aromatic rings. The normalized spacial score (nSPS) is 22.4. The Hall–Kier alpha value is -1.84. The van der Waals surface area contributed by atoms with Gasteiger partial charge in [0.25, 0.3) is 0 Å². The molecule has 24 heavy (non-hydrogen) atoms. The molecule has 2 aromatic carbocycles. The van der Waals surface area contributed by atoms with Crippen LogP contribution in [0.2, 0.25) is 0 Å². The topological polar surface area (TPSA) is 41.1 Å². The fourth-order valence-corrected chi connectivity index (χ4v) is 3.45. The van der Waals surface area contributed by atoms with Crippen LogP contribution in [-0.2, 0) is 4.79 Å². The molecule has 1 aliphatic carbocycles. The van der Waals surface area contributed by atoms with E-state index in [2.05, 4.69) is 59.2 Å². The third-order valence-corrected chi connectivity index (χ3v) is 4.98. The second kappa shape index (κ2) is 7.37. The molecule has 0 bridgehead atoms. The lowest BCUT2D eigenvalue weighted by atomic mass is 10.0. The van der Waals surface area contributed by atoms with Crippen LogP contribution in [0.3, 0.4) is 0 Å². The summed E-state index contributed by atoms with van der Waals surface area (Å²) in [5, 5.41) is 8.93. The highest BCUT2D eigenvalue weighted by molar-refractivity contribution is 5.86. The van der Waals surface area contributed by atoms with Gasteiger partial charge in [0.05, 0.1) is 0 Å². The van der Waals surface area contributed by atoms with Crippen molar-refractivity contribution in [3.05, 3.63) is 59.7 Å². The molecule has 1 heterocycles. The minimum absolute atomic E-state index is 0. The number of halogens is 1. The van der Waals surface area contributed by atoms with Crippen LogP contribution < -0.4 is 10.6 Å². The van der Waals surface area contributed by atoms with Gasteiger partial charge in [-0.15, -0.1) is 12.4 Å². The fraction of sp³-hybridized carbons (Fsp3) is 0.350. The molecule has 0 spiro atoms. The number of nitrogens with one attached hydrogen (secondary N) is 2. The maximum atomic E-state index is 12.3. The molecule has 4 rings (SSSR count). The van der Waals surface area contributed by atoms with E-state index < -0.39 is 0 Å². The summed E-state index contributed by atoms with van der Waals surface area (Å²) >= 11 is 0. The van der Waals surface area contributed by atoms with Crippen LogP contribution in [0.25, 0.3) is 10.8 Å². The predicted octanol–water partition coefficient (Wildman–Crippen LogP) is 3.40. The molecule has 1 amide bonds. The SMILES string of the molecule is Cl.O=C(NCC1=CCNCC1)C1CC1c1ccc2ccccc2c1. The van der Waals surface area contributed by atoms with E-state index in [0.717, 1.165) is 25.9 Å². The molecule has 1 aliphatic heterocycles. The molecular weight excluding hydrogens is 320 g/mol. The van der Waals surface area contributed by atoms with Crippen LogP contribution in [0.1, 0.15) is 24.3 Å². The van der Waals surface area contributed by atoms with Gasteiger partial charge in [0.15, 0.2) is 0 Å². The first kappa shape index (κ1) is 17.0. The van der Waals surface area contributed by atoms with E-state index in [0.29, 0.717) is 12.5 Å². The predicted molar refractivity (Wildman–Crippen MR) is 101 cm³/mol. The highest BCUT2D eigenvalue weighted by Gasteiger charge is 2.43. The van der Waals surface area contributed by atoms with Gasteiger partial charge in [0, 0.05) is 19.0 Å². The quantitative estimate of drug-likeness (QED) is 0.836. The smallest absolute Gasteiger partial charge is 0.224 e. The van der Waals surface area contributed by atoms with Gasteiger partial charge in [-0.3, -0.25) is 4.79 Å². The first-order chi connectivity index (χ1) is 11.3. The largest absolute Gasteiger partial charge is 0.352 e. The Bertz CT molecular complexity index is 771. The number of amides is 1. The summed E-state index contributed by atoms with van der Waals surface area (Å²) < 4.78 is 0. The maximum Gasteiger partial charge on any atom is 0.224 e. The minimum atomic E-state index is 0. The van der Waals surface area contributed by atoms with E-state index in [1.165, 1.54) is 21.9 Å². The number of fused-ring (bicyclic) bond motifs is 1. The van der Waals surface area contributed by atoms with E-state index in [1.807, 2.05) is 0 Å². The molecular formula is C20H23ClN2O. The average molecular weight is 343 g/mol. The Morgan fingerprint density at radius 1 is 1.17 bits per heavy atom. The summed E-state index contributed by atoms with van der Waals surface area (Å²) in [7, 11) is 0. The molecule has 1 fully saturated rings. The molecule has 4 heteroatoms. The van der Waals surface area contributed by atoms with Gasteiger partial charge >= 0.3 is 0 Å². The molecule has 2 unspecified atom stereocenters. The molecule has 2 N–H and O–H groups in total. The van der Waals surface area contributed by atoms with E-state index in [9.17, 15) is 4.79 Å². The van der Waals surface area contributed by atoms with Gasteiger partial charge in [-0.25, -0.2) is 0 Å². The molecule has 2 atom stereocenters. The van der Waals surface area contributed by atoms with Crippen molar-refractivity contribution in [3.8, 4) is 0 Å². The molecule has 0 saturated heterocycles.